The van der Waals surface area contributed by atoms with Gasteiger partial charge >= 0.3 is 5.97 Å². The first-order valence-electron chi connectivity index (χ1n) is 4.85. The van der Waals surface area contributed by atoms with E-state index >= 15 is 0 Å². The molecule has 0 aromatic heterocycles. The lowest BCUT2D eigenvalue weighted by Crippen LogP contribution is -2.29. The van der Waals surface area contributed by atoms with E-state index in [0.29, 0.717) is 6.61 Å². The lowest BCUT2D eigenvalue weighted by molar-refractivity contribution is -0.148. The smallest absolute Gasteiger partial charge is 0.330 e. The minimum Gasteiger partial charge on any atom is -0.456 e. The molecule has 1 N–H and O–H groups in total. The van der Waals surface area contributed by atoms with E-state index in [-0.39, 0.29) is 18.1 Å². The molecule has 4 nitrogen and oxygen atoms in total. The quantitative estimate of drug-likeness (QED) is 0.510. The Morgan fingerprint density at radius 3 is 3.07 bits per heavy atom. The third kappa shape index (κ3) is 1.55. The van der Waals surface area contributed by atoms with Crippen LogP contribution in [0.4, 0.5) is 0 Å². The molecule has 0 amide bonds. The van der Waals surface area contributed by atoms with Crippen LogP contribution in [-0.4, -0.2) is 36.0 Å². The molecule has 4 unspecified atom stereocenters. The fourth-order valence-electron chi connectivity index (χ4n) is 2.26. The Labute approximate surface area is 82.5 Å². The highest BCUT2D eigenvalue weighted by molar-refractivity contribution is 5.81. The SMILES string of the molecule is C=CC(=O)OC1CCC2C(O)COC12. The topological polar surface area (TPSA) is 55.8 Å². The van der Waals surface area contributed by atoms with Gasteiger partial charge in [-0.3, -0.25) is 0 Å². The first-order valence-corrected chi connectivity index (χ1v) is 4.85. The molecule has 78 valence electrons. The Balaban J connectivity index is 1.96. The van der Waals surface area contributed by atoms with Crippen molar-refractivity contribution in [2.24, 2.45) is 5.92 Å². The van der Waals surface area contributed by atoms with Gasteiger partial charge in [0, 0.05) is 12.0 Å². The van der Waals surface area contributed by atoms with Crippen LogP contribution in [0.15, 0.2) is 12.7 Å². The van der Waals surface area contributed by atoms with Gasteiger partial charge in [0.15, 0.2) is 0 Å². The summed E-state index contributed by atoms with van der Waals surface area (Å²) in [7, 11) is 0. The summed E-state index contributed by atoms with van der Waals surface area (Å²) in [6.45, 7) is 3.70. The predicted molar refractivity (Wildman–Crippen MR) is 48.5 cm³/mol. The van der Waals surface area contributed by atoms with Crippen LogP contribution in [0, 0.1) is 5.92 Å². The molecule has 0 spiro atoms. The molecule has 4 heteroatoms. The third-order valence-corrected chi connectivity index (χ3v) is 2.96. The maximum atomic E-state index is 11.0. The van der Waals surface area contributed by atoms with Crippen molar-refractivity contribution in [3.05, 3.63) is 12.7 Å². The zero-order chi connectivity index (χ0) is 10.1. The molecule has 1 aliphatic heterocycles. The number of hydrogen-bond donors (Lipinski definition) is 1. The van der Waals surface area contributed by atoms with Gasteiger partial charge in [-0.15, -0.1) is 0 Å². The minimum absolute atomic E-state index is 0.117. The lowest BCUT2D eigenvalue weighted by Gasteiger charge is -2.17. The first kappa shape index (κ1) is 9.68. The van der Waals surface area contributed by atoms with Crippen molar-refractivity contribution < 1.29 is 19.4 Å². The summed E-state index contributed by atoms with van der Waals surface area (Å²) in [5.41, 5.74) is 0. The molecule has 14 heavy (non-hydrogen) atoms. The average molecular weight is 198 g/mol. The Bertz CT molecular complexity index is 251. The molecule has 1 aliphatic carbocycles. The first-order chi connectivity index (χ1) is 6.72. The van der Waals surface area contributed by atoms with Crippen LogP contribution in [0.2, 0.25) is 0 Å². The monoisotopic (exact) mass is 198 g/mol. The van der Waals surface area contributed by atoms with Crippen molar-refractivity contribution in [3.8, 4) is 0 Å². The number of aliphatic hydroxyl groups is 1. The van der Waals surface area contributed by atoms with Crippen molar-refractivity contribution in [1.82, 2.24) is 0 Å². The van der Waals surface area contributed by atoms with Crippen LogP contribution >= 0.6 is 0 Å². The Morgan fingerprint density at radius 1 is 1.57 bits per heavy atom. The summed E-state index contributed by atoms with van der Waals surface area (Å²) >= 11 is 0. The summed E-state index contributed by atoms with van der Waals surface area (Å²) in [6, 6.07) is 0. The zero-order valence-corrected chi connectivity index (χ0v) is 7.89. The van der Waals surface area contributed by atoms with Crippen molar-refractivity contribution >= 4 is 5.97 Å². The minimum atomic E-state index is -0.416. The molecule has 2 aliphatic rings. The summed E-state index contributed by atoms with van der Waals surface area (Å²) in [5.74, 6) is -0.279. The summed E-state index contributed by atoms with van der Waals surface area (Å²) in [5, 5.41) is 9.52. The van der Waals surface area contributed by atoms with Crippen molar-refractivity contribution in [2.45, 2.75) is 31.2 Å². The van der Waals surface area contributed by atoms with E-state index in [2.05, 4.69) is 6.58 Å². The average Bonchev–Trinajstić information content (AvgIpc) is 2.72. The van der Waals surface area contributed by atoms with Crippen LogP contribution in [-0.2, 0) is 14.3 Å². The predicted octanol–water partition coefficient (Wildman–Crippen LogP) is 0.254. The van der Waals surface area contributed by atoms with E-state index in [4.69, 9.17) is 9.47 Å². The molecule has 4 atom stereocenters. The van der Waals surface area contributed by atoms with Gasteiger partial charge in [0.1, 0.15) is 6.10 Å². The Morgan fingerprint density at radius 2 is 2.36 bits per heavy atom. The normalized spacial score (nSPS) is 40.6. The number of rotatable bonds is 2. The molecule has 2 fully saturated rings. The van der Waals surface area contributed by atoms with Gasteiger partial charge in [-0.1, -0.05) is 6.58 Å². The highest BCUT2D eigenvalue weighted by atomic mass is 16.6. The van der Waals surface area contributed by atoms with Crippen LogP contribution < -0.4 is 0 Å². The van der Waals surface area contributed by atoms with Gasteiger partial charge < -0.3 is 14.6 Å². The van der Waals surface area contributed by atoms with Crippen LogP contribution in [0.25, 0.3) is 0 Å². The largest absolute Gasteiger partial charge is 0.456 e. The summed E-state index contributed by atoms with van der Waals surface area (Å²) in [6.07, 6.45) is 2.06. The molecule has 1 saturated heterocycles. The van der Waals surface area contributed by atoms with Gasteiger partial charge in [-0.05, 0) is 12.8 Å². The molecule has 1 heterocycles. The van der Waals surface area contributed by atoms with Gasteiger partial charge in [-0.25, -0.2) is 4.79 Å². The number of hydrogen-bond acceptors (Lipinski definition) is 4. The molecule has 2 rings (SSSR count). The number of esters is 1. The van der Waals surface area contributed by atoms with E-state index in [1.54, 1.807) is 0 Å². The maximum Gasteiger partial charge on any atom is 0.330 e. The molecule has 0 bridgehead atoms. The second-order valence-corrected chi connectivity index (χ2v) is 3.79. The molecular formula is C10H14O4. The molecule has 0 aromatic rings. The molecular weight excluding hydrogens is 184 g/mol. The van der Waals surface area contributed by atoms with Crippen LogP contribution in [0.1, 0.15) is 12.8 Å². The highest BCUT2D eigenvalue weighted by Crippen LogP contribution is 2.37. The fraction of sp³-hybridized carbons (Fsp3) is 0.700. The van der Waals surface area contributed by atoms with Crippen LogP contribution in [0.5, 0.6) is 0 Å². The second kappa shape index (κ2) is 3.71. The summed E-state index contributed by atoms with van der Waals surface area (Å²) in [4.78, 5) is 11.0. The fourth-order valence-corrected chi connectivity index (χ4v) is 2.26. The van der Waals surface area contributed by atoms with E-state index in [1.165, 1.54) is 0 Å². The lowest BCUT2D eigenvalue weighted by atomic mass is 10.0. The number of fused-ring (bicyclic) bond motifs is 1. The maximum absolute atomic E-state index is 11.0. The number of aliphatic hydroxyl groups excluding tert-OH is 1. The highest BCUT2D eigenvalue weighted by Gasteiger charge is 2.47. The van der Waals surface area contributed by atoms with Gasteiger partial charge in [-0.2, -0.15) is 0 Å². The molecule has 1 saturated carbocycles. The van der Waals surface area contributed by atoms with Gasteiger partial charge in [0.2, 0.25) is 0 Å². The Kier molecular flexibility index (Phi) is 2.56. The van der Waals surface area contributed by atoms with Crippen molar-refractivity contribution in [2.75, 3.05) is 6.61 Å². The van der Waals surface area contributed by atoms with E-state index in [1.807, 2.05) is 0 Å². The molecule has 0 radical (unpaired) electrons. The van der Waals surface area contributed by atoms with Gasteiger partial charge in [0.25, 0.3) is 0 Å². The third-order valence-electron chi connectivity index (χ3n) is 2.96. The number of carbonyl (C=O) groups is 1. The zero-order valence-electron chi connectivity index (χ0n) is 7.89. The molecule has 0 aromatic carbocycles. The Hall–Kier alpha value is -0.870. The summed E-state index contributed by atoms with van der Waals surface area (Å²) < 4.78 is 10.5. The number of ether oxygens (including phenoxy) is 2. The van der Waals surface area contributed by atoms with Gasteiger partial charge in [0.05, 0.1) is 18.8 Å². The number of carbonyl (C=O) groups excluding carboxylic acids is 1. The second-order valence-electron chi connectivity index (χ2n) is 3.79. The van der Waals surface area contributed by atoms with E-state index < -0.39 is 12.1 Å². The van der Waals surface area contributed by atoms with Crippen molar-refractivity contribution in [1.29, 1.82) is 0 Å². The van der Waals surface area contributed by atoms with E-state index in [9.17, 15) is 9.90 Å². The van der Waals surface area contributed by atoms with E-state index in [0.717, 1.165) is 18.9 Å². The van der Waals surface area contributed by atoms with Crippen LogP contribution in [0.3, 0.4) is 0 Å². The standard InChI is InChI=1S/C10H14O4/c1-2-9(12)14-8-4-3-6-7(11)5-13-10(6)8/h2,6-8,10-11H,1,3-5H2. The van der Waals surface area contributed by atoms with Crippen molar-refractivity contribution in [3.63, 3.8) is 0 Å².